The molecule has 3 aromatic rings. The molecule has 2 heterocycles. The van der Waals surface area contributed by atoms with Gasteiger partial charge in [-0.1, -0.05) is 32.0 Å². The molecule has 188 valence electrons. The van der Waals surface area contributed by atoms with Crippen LogP contribution in [0.25, 0.3) is 0 Å². The topological polar surface area (TPSA) is 105 Å². The Balaban J connectivity index is 1.72. The Labute approximate surface area is 213 Å². The van der Waals surface area contributed by atoms with Crippen LogP contribution in [0, 0.1) is 11.2 Å². The third-order valence-electron chi connectivity index (χ3n) is 6.19. The summed E-state index contributed by atoms with van der Waals surface area (Å²) < 4.78 is 13.6. The summed E-state index contributed by atoms with van der Waals surface area (Å²) in [6, 6.07) is 13.8. The van der Waals surface area contributed by atoms with Gasteiger partial charge in [-0.05, 0) is 59.3 Å². The minimum atomic E-state index is -0.635. The molecule has 3 amide bonds. The SMILES string of the molecule is CC(C)(CN)CNC(=O)c1ccc2c(c1)NC(=O)CC(c1ccc(F)cc1)N2C(=O)Cc1cccs1. The highest BCUT2D eigenvalue weighted by atomic mass is 32.1. The molecule has 0 bridgehead atoms. The number of hydrogen-bond donors (Lipinski definition) is 3. The van der Waals surface area contributed by atoms with Crippen molar-refractivity contribution in [2.75, 3.05) is 23.3 Å². The number of nitrogens with two attached hydrogens (primary N) is 1. The molecule has 0 saturated heterocycles. The van der Waals surface area contributed by atoms with Crippen LogP contribution in [0.2, 0.25) is 0 Å². The fourth-order valence-electron chi connectivity index (χ4n) is 4.02. The molecule has 9 heteroatoms. The lowest BCUT2D eigenvalue weighted by Gasteiger charge is -2.31. The summed E-state index contributed by atoms with van der Waals surface area (Å²) in [5.41, 5.74) is 7.35. The van der Waals surface area contributed by atoms with Crippen molar-refractivity contribution >= 4 is 40.4 Å². The Bertz CT molecular complexity index is 1260. The number of nitrogens with zero attached hydrogens (tertiary/aromatic N) is 1. The van der Waals surface area contributed by atoms with Crippen LogP contribution in [-0.2, 0) is 16.0 Å². The van der Waals surface area contributed by atoms with E-state index in [2.05, 4.69) is 10.6 Å². The Hall–Kier alpha value is -3.56. The number of nitrogens with one attached hydrogen (secondary N) is 2. The van der Waals surface area contributed by atoms with Crippen LogP contribution in [0.15, 0.2) is 60.0 Å². The minimum absolute atomic E-state index is 0.0112. The molecule has 4 rings (SSSR count). The predicted molar refractivity (Wildman–Crippen MR) is 140 cm³/mol. The van der Waals surface area contributed by atoms with Gasteiger partial charge >= 0.3 is 0 Å². The molecule has 1 atom stereocenters. The lowest BCUT2D eigenvalue weighted by atomic mass is 9.94. The third kappa shape index (κ3) is 5.80. The van der Waals surface area contributed by atoms with Gasteiger partial charge in [0.05, 0.1) is 30.3 Å². The van der Waals surface area contributed by atoms with E-state index in [1.807, 2.05) is 31.4 Å². The second-order valence-corrected chi connectivity index (χ2v) is 10.7. The quantitative estimate of drug-likeness (QED) is 0.444. The molecule has 7 nitrogen and oxygen atoms in total. The monoisotopic (exact) mass is 508 g/mol. The van der Waals surface area contributed by atoms with Crippen molar-refractivity contribution in [3.8, 4) is 0 Å². The van der Waals surface area contributed by atoms with Gasteiger partial charge in [-0.25, -0.2) is 4.39 Å². The van der Waals surface area contributed by atoms with Gasteiger partial charge in [0, 0.05) is 17.0 Å². The zero-order chi connectivity index (χ0) is 25.9. The molecule has 1 aliphatic heterocycles. The fraction of sp³-hybridized carbons (Fsp3) is 0.296. The van der Waals surface area contributed by atoms with E-state index in [9.17, 15) is 18.8 Å². The smallest absolute Gasteiger partial charge is 0.251 e. The highest BCUT2D eigenvalue weighted by Crippen LogP contribution is 2.39. The number of benzene rings is 2. The Morgan fingerprint density at radius 3 is 2.61 bits per heavy atom. The number of rotatable bonds is 7. The van der Waals surface area contributed by atoms with Gasteiger partial charge in [0.25, 0.3) is 5.91 Å². The summed E-state index contributed by atoms with van der Waals surface area (Å²) in [4.78, 5) is 41.9. The molecule has 1 unspecified atom stereocenters. The van der Waals surface area contributed by atoms with Gasteiger partial charge in [0.1, 0.15) is 5.82 Å². The zero-order valence-corrected chi connectivity index (χ0v) is 21.0. The molecular weight excluding hydrogens is 479 g/mol. The minimum Gasteiger partial charge on any atom is -0.351 e. The first-order valence-corrected chi connectivity index (χ1v) is 12.6. The number of fused-ring (bicyclic) bond motifs is 1. The van der Waals surface area contributed by atoms with Gasteiger partial charge < -0.3 is 21.3 Å². The molecule has 0 saturated carbocycles. The maximum absolute atomic E-state index is 13.6. The fourth-order valence-corrected chi connectivity index (χ4v) is 4.72. The Kier molecular flexibility index (Phi) is 7.51. The van der Waals surface area contributed by atoms with Gasteiger partial charge in [0.15, 0.2) is 0 Å². The first kappa shape index (κ1) is 25.5. The third-order valence-corrected chi connectivity index (χ3v) is 7.07. The van der Waals surface area contributed by atoms with Crippen LogP contribution in [0.5, 0.6) is 0 Å². The first-order chi connectivity index (χ1) is 17.2. The molecule has 0 fully saturated rings. The molecule has 2 aromatic carbocycles. The second-order valence-electron chi connectivity index (χ2n) is 9.62. The second kappa shape index (κ2) is 10.6. The number of amides is 3. The number of halogens is 1. The van der Waals surface area contributed by atoms with Crippen molar-refractivity contribution in [3.63, 3.8) is 0 Å². The van der Waals surface area contributed by atoms with E-state index >= 15 is 0 Å². The lowest BCUT2D eigenvalue weighted by molar-refractivity contribution is -0.119. The number of hydrogen-bond acceptors (Lipinski definition) is 5. The number of carbonyl (C=O) groups is 3. The zero-order valence-electron chi connectivity index (χ0n) is 20.2. The lowest BCUT2D eigenvalue weighted by Crippen LogP contribution is -2.38. The van der Waals surface area contributed by atoms with Crippen LogP contribution in [0.1, 0.15) is 47.1 Å². The van der Waals surface area contributed by atoms with Gasteiger partial charge in [-0.3, -0.25) is 14.4 Å². The summed E-state index contributed by atoms with van der Waals surface area (Å²) in [6.07, 6.45) is 0.141. The van der Waals surface area contributed by atoms with Gasteiger partial charge in [0.2, 0.25) is 11.8 Å². The number of anilines is 2. The molecule has 0 aliphatic carbocycles. The first-order valence-electron chi connectivity index (χ1n) is 11.7. The van der Waals surface area contributed by atoms with Crippen LogP contribution in [0.3, 0.4) is 0 Å². The van der Waals surface area contributed by atoms with Crippen molar-refractivity contribution < 1.29 is 18.8 Å². The highest BCUT2D eigenvalue weighted by Gasteiger charge is 2.34. The van der Waals surface area contributed by atoms with E-state index in [1.54, 1.807) is 35.2 Å². The molecule has 4 N–H and O–H groups in total. The van der Waals surface area contributed by atoms with Crippen molar-refractivity contribution in [1.29, 1.82) is 0 Å². The predicted octanol–water partition coefficient (Wildman–Crippen LogP) is 4.26. The van der Waals surface area contributed by atoms with Crippen LogP contribution >= 0.6 is 11.3 Å². The average molecular weight is 509 g/mol. The standard InChI is InChI=1S/C27H29FN4O3S/c1-27(2,15-29)16-30-26(35)18-7-10-22-21(12-18)31-24(33)14-23(17-5-8-19(28)9-6-17)32(22)25(34)13-20-4-3-11-36-20/h3-12,23H,13-16,29H2,1-2H3,(H,30,35)(H,31,33). The maximum Gasteiger partial charge on any atom is 0.251 e. The molecule has 1 aliphatic rings. The normalized spacial score (nSPS) is 15.6. The molecule has 0 spiro atoms. The summed E-state index contributed by atoms with van der Waals surface area (Å²) >= 11 is 1.48. The van der Waals surface area contributed by atoms with E-state index in [0.29, 0.717) is 35.6 Å². The molecule has 36 heavy (non-hydrogen) atoms. The largest absolute Gasteiger partial charge is 0.351 e. The summed E-state index contributed by atoms with van der Waals surface area (Å²) in [7, 11) is 0. The number of carbonyl (C=O) groups excluding carboxylic acids is 3. The van der Waals surface area contributed by atoms with E-state index in [0.717, 1.165) is 4.88 Å². The van der Waals surface area contributed by atoms with Crippen LogP contribution < -0.4 is 21.3 Å². The van der Waals surface area contributed by atoms with Gasteiger partial charge in [-0.2, -0.15) is 0 Å². The van der Waals surface area contributed by atoms with Crippen molar-refractivity contribution in [2.45, 2.75) is 32.7 Å². The molecule has 1 aromatic heterocycles. The van der Waals surface area contributed by atoms with Crippen LogP contribution in [0.4, 0.5) is 15.8 Å². The summed E-state index contributed by atoms with van der Waals surface area (Å²) in [5.74, 6) is -1.21. The molecular formula is C27H29FN4O3S. The van der Waals surface area contributed by atoms with Crippen molar-refractivity contribution in [2.24, 2.45) is 11.1 Å². The Morgan fingerprint density at radius 2 is 1.94 bits per heavy atom. The average Bonchev–Trinajstić information content (AvgIpc) is 3.31. The van der Waals surface area contributed by atoms with Crippen molar-refractivity contribution in [3.05, 3.63) is 81.8 Å². The van der Waals surface area contributed by atoms with E-state index < -0.39 is 11.9 Å². The number of thiophene rings is 1. The van der Waals surface area contributed by atoms with E-state index in [4.69, 9.17) is 5.73 Å². The highest BCUT2D eigenvalue weighted by molar-refractivity contribution is 7.10. The van der Waals surface area contributed by atoms with Gasteiger partial charge in [-0.15, -0.1) is 11.3 Å². The summed E-state index contributed by atoms with van der Waals surface area (Å²) in [6.45, 7) is 4.72. The maximum atomic E-state index is 13.6. The van der Waals surface area contributed by atoms with E-state index in [-0.39, 0.29) is 36.0 Å². The van der Waals surface area contributed by atoms with Crippen LogP contribution in [-0.4, -0.2) is 30.8 Å². The molecule has 0 radical (unpaired) electrons. The Morgan fingerprint density at radius 1 is 1.19 bits per heavy atom. The van der Waals surface area contributed by atoms with Crippen molar-refractivity contribution in [1.82, 2.24) is 5.32 Å². The summed E-state index contributed by atoms with van der Waals surface area (Å²) in [5, 5.41) is 7.63. The van der Waals surface area contributed by atoms with E-state index in [1.165, 1.54) is 23.5 Å².